The minimum absolute atomic E-state index is 0.0797. The summed E-state index contributed by atoms with van der Waals surface area (Å²) in [5.41, 5.74) is 5.05. The minimum Gasteiger partial charge on any atom is -0.497 e. The maximum absolute atomic E-state index is 13.6. The molecule has 0 radical (unpaired) electrons. The quantitative estimate of drug-likeness (QED) is 0.405. The van der Waals surface area contributed by atoms with E-state index in [1.807, 2.05) is 65.6 Å². The number of hydrogen-bond donors (Lipinski definition) is 1. The van der Waals surface area contributed by atoms with Crippen LogP contribution in [0.15, 0.2) is 73.1 Å². The molecule has 1 N–H and O–H groups in total. The summed E-state index contributed by atoms with van der Waals surface area (Å²) in [5, 5.41) is 7.56. The molecule has 0 aliphatic carbocycles. The monoisotopic (exact) mass is 454 g/mol. The highest BCUT2D eigenvalue weighted by molar-refractivity contribution is 6.00. The molecular formula is C27H26N4O3. The largest absolute Gasteiger partial charge is 0.497 e. The number of pyridine rings is 1. The lowest BCUT2D eigenvalue weighted by molar-refractivity contribution is 0.0729. The maximum Gasteiger partial charge on any atom is 0.273 e. The SMILES string of the molecule is CCCOc1cccc(C2c3c(-c4ccc(OC)cc4)n[nH]c3C(=O)N2Cc2ccncc2)c1. The second-order valence-corrected chi connectivity index (χ2v) is 8.20. The number of aromatic amines is 1. The zero-order valence-electron chi connectivity index (χ0n) is 19.2. The van der Waals surface area contributed by atoms with E-state index in [1.165, 1.54) is 0 Å². The minimum atomic E-state index is -0.309. The topological polar surface area (TPSA) is 80.3 Å². The fourth-order valence-electron chi connectivity index (χ4n) is 4.35. The van der Waals surface area contributed by atoms with Crippen LogP contribution in [0.4, 0.5) is 0 Å². The Bertz CT molecular complexity index is 1280. The number of amides is 1. The van der Waals surface area contributed by atoms with E-state index in [4.69, 9.17) is 9.47 Å². The van der Waals surface area contributed by atoms with Gasteiger partial charge in [0, 0.05) is 30.1 Å². The molecule has 0 spiro atoms. The van der Waals surface area contributed by atoms with Crippen LogP contribution in [0.1, 0.15) is 46.6 Å². The first kappa shape index (κ1) is 21.7. The summed E-state index contributed by atoms with van der Waals surface area (Å²) < 4.78 is 11.2. The van der Waals surface area contributed by atoms with Crippen molar-refractivity contribution in [3.8, 4) is 22.8 Å². The van der Waals surface area contributed by atoms with Crippen molar-refractivity contribution < 1.29 is 14.3 Å². The number of aromatic nitrogens is 3. The number of ether oxygens (including phenoxy) is 2. The number of carbonyl (C=O) groups is 1. The van der Waals surface area contributed by atoms with Crippen LogP contribution < -0.4 is 9.47 Å². The summed E-state index contributed by atoms with van der Waals surface area (Å²) >= 11 is 0. The van der Waals surface area contributed by atoms with Crippen molar-refractivity contribution in [1.82, 2.24) is 20.1 Å². The zero-order valence-corrected chi connectivity index (χ0v) is 19.2. The number of hydrogen-bond acceptors (Lipinski definition) is 5. The lowest BCUT2D eigenvalue weighted by Crippen LogP contribution is -2.29. The number of nitrogens with zero attached hydrogens (tertiary/aromatic N) is 3. The lowest BCUT2D eigenvalue weighted by Gasteiger charge is -2.27. The molecule has 4 aromatic rings. The molecule has 2 aromatic carbocycles. The average molecular weight is 455 g/mol. The molecule has 2 aromatic heterocycles. The molecule has 0 fully saturated rings. The molecule has 172 valence electrons. The average Bonchev–Trinajstić information content (AvgIpc) is 3.42. The van der Waals surface area contributed by atoms with Crippen LogP contribution in [0.3, 0.4) is 0 Å². The molecule has 5 rings (SSSR count). The van der Waals surface area contributed by atoms with Gasteiger partial charge >= 0.3 is 0 Å². The van der Waals surface area contributed by atoms with E-state index in [1.54, 1.807) is 19.5 Å². The van der Waals surface area contributed by atoms with Gasteiger partial charge in [-0.2, -0.15) is 5.10 Å². The van der Waals surface area contributed by atoms with Crippen molar-refractivity contribution in [2.45, 2.75) is 25.9 Å². The molecule has 34 heavy (non-hydrogen) atoms. The molecule has 1 unspecified atom stereocenters. The van der Waals surface area contributed by atoms with Gasteiger partial charge in [0.2, 0.25) is 0 Å². The first-order valence-corrected chi connectivity index (χ1v) is 11.3. The number of H-pyrrole nitrogens is 1. The second-order valence-electron chi connectivity index (χ2n) is 8.20. The van der Waals surface area contributed by atoms with Crippen molar-refractivity contribution in [2.75, 3.05) is 13.7 Å². The first-order valence-electron chi connectivity index (χ1n) is 11.3. The standard InChI is InChI=1S/C27H26N4O3/c1-3-15-34-22-6-4-5-20(16-22)26-23-24(19-7-9-21(33-2)10-8-19)29-30-25(23)27(32)31(26)17-18-11-13-28-14-12-18/h4-14,16,26H,3,15,17H2,1-2H3,(H,29,30). The molecule has 1 aliphatic heterocycles. The number of methoxy groups -OCH3 is 1. The Morgan fingerprint density at radius 1 is 1.03 bits per heavy atom. The van der Waals surface area contributed by atoms with Gasteiger partial charge < -0.3 is 14.4 Å². The van der Waals surface area contributed by atoms with Gasteiger partial charge in [0.15, 0.2) is 0 Å². The van der Waals surface area contributed by atoms with E-state index < -0.39 is 0 Å². The van der Waals surface area contributed by atoms with Gasteiger partial charge in [0.1, 0.15) is 17.2 Å². The van der Waals surface area contributed by atoms with E-state index in [0.717, 1.165) is 45.9 Å². The predicted molar refractivity (Wildman–Crippen MR) is 129 cm³/mol. The molecule has 7 heteroatoms. The summed E-state index contributed by atoms with van der Waals surface area (Å²) in [4.78, 5) is 19.6. The Labute approximate surface area is 198 Å². The highest BCUT2D eigenvalue weighted by Gasteiger charge is 2.42. The van der Waals surface area contributed by atoms with Crippen LogP contribution in [0.25, 0.3) is 11.3 Å². The molecule has 3 heterocycles. The van der Waals surface area contributed by atoms with Crippen LogP contribution in [0.5, 0.6) is 11.5 Å². The molecule has 1 atom stereocenters. The van der Waals surface area contributed by atoms with Crippen molar-refractivity contribution in [3.63, 3.8) is 0 Å². The third-order valence-corrected chi connectivity index (χ3v) is 5.98. The summed E-state index contributed by atoms with van der Waals surface area (Å²) in [6.45, 7) is 3.17. The van der Waals surface area contributed by atoms with Gasteiger partial charge in [-0.1, -0.05) is 19.1 Å². The number of fused-ring (bicyclic) bond motifs is 1. The van der Waals surface area contributed by atoms with Gasteiger partial charge in [-0.15, -0.1) is 0 Å². The Hall–Kier alpha value is -4.13. The van der Waals surface area contributed by atoms with E-state index >= 15 is 0 Å². The Morgan fingerprint density at radius 2 is 1.82 bits per heavy atom. The van der Waals surface area contributed by atoms with Crippen LogP contribution in [0.2, 0.25) is 0 Å². The smallest absolute Gasteiger partial charge is 0.273 e. The van der Waals surface area contributed by atoms with Crippen LogP contribution in [-0.2, 0) is 6.54 Å². The van der Waals surface area contributed by atoms with E-state index in [2.05, 4.69) is 22.1 Å². The summed E-state index contributed by atoms with van der Waals surface area (Å²) in [6.07, 6.45) is 4.41. The zero-order chi connectivity index (χ0) is 23.5. The van der Waals surface area contributed by atoms with Crippen molar-refractivity contribution >= 4 is 5.91 Å². The van der Waals surface area contributed by atoms with Gasteiger partial charge in [-0.05, 0) is 66.1 Å². The van der Waals surface area contributed by atoms with Crippen molar-refractivity contribution in [1.29, 1.82) is 0 Å². The molecule has 1 aliphatic rings. The second kappa shape index (κ2) is 9.39. The fraction of sp³-hybridized carbons (Fsp3) is 0.222. The summed E-state index contributed by atoms with van der Waals surface area (Å²) in [6, 6.07) is 19.3. The lowest BCUT2D eigenvalue weighted by atomic mass is 9.95. The first-order chi connectivity index (χ1) is 16.7. The predicted octanol–water partition coefficient (Wildman–Crippen LogP) is 5.01. The molecule has 1 amide bonds. The van der Waals surface area contributed by atoms with Gasteiger partial charge in [-0.25, -0.2) is 0 Å². The van der Waals surface area contributed by atoms with Crippen molar-refractivity contribution in [3.05, 3.63) is 95.4 Å². The van der Waals surface area contributed by atoms with Crippen LogP contribution in [0, 0.1) is 0 Å². The fourth-order valence-corrected chi connectivity index (χ4v) is 4.35. The molecule has 0 bridgehead atoms. The Morgan fingerprint density at radius 3 is 2.56 bits per heavy atom. The van der Waals surface area contributed by atoms with Crippen LogP contribution >= 0.6 is 0 Å². The maximum atomic E-state index is 13.6. The number of benzene rings is 2. The summed E-state index contributed by atoms with van der Waals surface area (Å²) in [7, 11) is 1.64. The Balaban J connectivity index is 1.61. The number of nitrogens with one attached hydrogen (secondary N) is 1. The third-order valence-electron chi connectivity index (χ3n) is 5.98. The van der Waals surface area contributed by atoms with Gasteiger partial charge in [-0.3, -0.25) is 14.9 Å². The number of rotatable bonds is 8. The normalized spacial score (nSPS) is 14.8. The summed E-state index contributed by atoms with van der Waals surface area (Å²) in [5.74, 6) is 1.48. The van der Waals surface area contributed by atoms with Gasteiger partial charge in [0.05, 0.1) is 25.5 Å². The van der Waals surface area contributed by atoms with E-state index in [0.29, 0.717) is 18.8 Å². The highest BCUT2D eigenvalue weighted by atomic mass is 16.5. The third kappa shape index (κ3) is 4.01. The molecule has 0 saturated carbocycles. The molecule has 0 saturated heterocycles. The Kier molecular flexibility index (Phi) is 5.99. The van der Waals surface area contributed by atoms with Crippen LogP contribution in [-0.4, -0.2) is 39.7 Å². The molecular weight excluding hydrogens is 428 g/mol. The van der Waals surface area contributed by atoms with Crippen molar-refractivity contribution in [2.24, 2.45) is 0 Å². The van der Waals surface area contributed by atoms with E-state index in [-0.39, 0.29) is 11.9 Å². The van der Waals surface area contributed by atoms with Gasteiger partial charge in [0.25, 0.3) is 5.91 Å². The number of carbonyl (C=O) groups excluding carboxylic acids is 1. The van der Waals surface area contributed by atoms with E-state index in [9.17, 15) is 4.79 Å². The highest BCUT2D eigenvalue weighted by Crippen LogP contribution is 2.44. The molecule has 7 nitrogen and oxygen atoms in total.